The molecule has 3 aromatic carbocycles. The van der Waals surface area contributed by atoms with Gasteiger partial charge < -0.3 is 24.7 Å². The Balaban J connectivity index is 1.60. The normalized spacial score (nSPS) is 10.9. The molecule has 0 amide bonds. The first-order valence-electron chi connectivity index (χ1n) is 12.2. The van der Waals surface area contributed by atoms with E-state index in [0.29, 0.717) is 34.8 Å². The van der Waals surface area contributed by atoms with E-state index in [-0.39, 0.29) is 17.7 Å². The zero-order chi connectivity index (χ0) is 26.8. The molecule has 0 bridgehead atoms. The highest BCUT2D eigenvalue weighted by Gasteiger charge is 2.20. The van der Waals surface area contributed by atoms with Crippen molar-refractivity contribution >= 4 is 22.7 Å². The van der Waals surface area contributed by atoms with Crippen molar-refractivity contribution in [3.8, 4) is 23.4 Å². The summed E-state index contributed by atoms with van der Waals surface area (Å²) in [4.78, 5) is 16.1. The van der Waals surface area contributed by atoms with Crippen LogP contribution >= 0.6 is 0 Å². The Morgan fingerprint density at radius 2 is 1.66 bits per heavy atom. The molecule has 3 N–H and O–H groups in total. The minimum absolute atomic E-state index is 0.00407. The zero-order valence-electron chi connectivity index (χ0n) is 21.8. The van der Waals surface area contributed by atoms with E-state index >= 15 is 0 Å². The van der Waals surface area contributed by atoms with Gasteiger partial charge in [0, 0.05) is 31.4 Å². The maximum Gasteiger partial charge on any atom is 0.327 e. The Hall–Kier alpha value is -4.92. The lowest BCUT2D eigenvalue weighted by Gasteiger charge is -2.14. The first kappa shape index (κ1) is 24.8. The topological polar surface area (TPSA) is 115 Å². The van der Waals surface area contributed by atoms with Crippen molar-refractivity contribution in [1.29, 1.82) is 5.41 Å². The van der Waals surface area contributed by atoms with Crippen molar-refractivity contribution in [2.24, 2.45) is 5.73 Å². The smallest absolute Gasteiger partial charge is 0.327 e. The molecule has 0 unspecified atom stereocenters. The summed E-state index contributed by atoms with van der Waals surface area (Å²) in [6.45, 7) is 4.40. The minimum Gasteiger partial charge on any atom is -0.437 e. The number of fused-ring (bicyclic) bond motifs is 1. The quantitative estimate of drug-likeness (QED) is 0.213. The molecule has 5 rings (SSSR count). The van der Waals surface area contributed by atoms with Crippen LogP contribution in [0.1, 0.15) is 22.5 Å². The molecule has 5 aromatic rings. The summed E-state index contributed by atoms with van der Waals surface area (Å²) in [6.07, 6.45) is 0. The lowest BCUT2D eigenvalue weighted by Crippen LogP contribution is -2.12. The van der Waals surface area contributed by atoms with Crippen LogP contribution in [-0.2, 0) is 6.54 Å². The second-order valence-electron chi connectivity index (χ2n) is 9.20. The molecule has 2 aromatic heterocycles. The number of nitrogens with two attached hydrogens (primary N) is 1. The number of benzene rings is 3. The third kappa shape index (κ3) is 5.12. The predicted molar refractivity (Wildman–Crippen MR) is 149 cm³/mol. The van der Waals surface area contributed by atoms with Gasteiger partial charge in [-0.25, -0.2) is 4.98 Å². The summed E-state index contributed by atoms with van der Waals surface area (Å²) in [5.41, 5.74) is 10.4. The Morgan fingerprint density at radius 1 is 0.895 bits per heavy atom. The van der Waals surface area contributed by atoms with Crippen LogP contribution in [-0.4, -0.2) is 39.4 Å². The van der Waals surface area contributed by atoms with E-state index in [0.717, 1.165) is 22.6 Å². The average Bonchev–Trinajstić information content (AvgIpc) is 3.20. The second kappa shape index (κ2) is 10.2. The van der Waals surface area contributed by atoms with E-state index < -0.39 is 0 Å². The molecular formula is C29H29N7O2. The van der Waals surface area contributed by atoms with Gasteiger partial charge in [0.1, 0.15) is 23.2 Å². The van der Waals surface area contributed by atoms with Crippen LogP contribution in [0.3, 0.4) is 0 Å². The van der Waals surface area contributed by atoms with Crippen LogP contribution in [0.25, 0.3) is 11.2 Å². The SMILES string of the molecule is Cc1cc(Oc2nc(Oc3cccc(N(C)C)c3)nc3c2nc(C)n3Cc2ccccc2)ccc1C(=N)N. The van der Waals surface area contributed by atoms with Gasteiger partial charge in [0.2, 0.25) is 0 Å². The molecule has 0 saturated heterocycles. The minimum atomic E-state index is 0.00407. The number of aromatic nitrogens is 4. The van der Waals surface area contributed by atoms with E-state index in [9.17, 15) is 0 Å². The predicted octanol–water partition coefficient (Wildman–Crippen LogP) is 5.43. The summed E-state index contributed by atoms with van der Waals surface area (Å²) in [6, 6.07) is 23.3. The van der Waals surface area contributed by atoms with Gasteiger partial charge in [-0.3, -0.25) is 5.41 Å². The first-order chi connectivity index (χ1) is 18.3. The molecule has 38 heavy (non-hydrogen) atoms. The molecule has 0 fully saturated rings. The molecule has 0 spiro atoms. The Labute approximate surface area is 221 Å². The lowest BCUT2D eigenvalue weighted by atomic mass is 10.1. The highest BCUT2D eigenvalue weighted by molar-refractivity contribution is 5.96. The number of hydrogen-bond acceptors (Lipinski definition) is 7. The van der Waals surface area contributed by atoms with Crippen LogP contribution in [0.4, 0.5) is 5.69 Å². The lowest BCUT2D eigenvalue weighted by molar-refractivity contribution is 0.416. The van der Waals surface area contributed by atoms with Gasteiger partial charge in [0.05, 0.1) is 6.54 Å². The van der Waals surface area contributed by atoms with E-state index in [2.05, 4.69) is 17.1 Å². The Bertz CT molecular complexity index is 1630. The summed E-state index contributed by atoms with van der Waals surface area (Å²) < 4.78 is 14.4. The molecule has 0 aliphatic rings. The van der Waals surface area contributed by atoms with Crippen molar-refractivity contribution in [1.82, 2.24) is 19.5 Å². The third-order valence-corrected chi connectivity index (χ3v) is 6.16. The molecule has 0 aliphatic heterocycles. The Kier molecular flexibility index (Phi) is 6.66. The van der Waals surface area contributed by atoms with Gasteiger partial charge in [-0.1, -0.05) is 36.4 Å². The standard InChI is InChI=1S/C29H29N7O2/c1-18-15-23(13-14-24(18)26(30)31)37-28-25-27(36(19(2)32-25)17-20-9-6-5-7-10-20)33-29(34-28)38-22-12-8-11-21(16-22)35(3)4/h5-16H,17H2,1-4H3,(H3,30,31). The molecule has 9 heteroatoms. The number of nitrogens with zero attached hydrogens (tertiary/aromatic N) is 5. The Morgan fingerprint density at radius 3 is 2.37 bits per heavy atom. The fraction of sp³-hybridized carbons (Fsp3) is 0.172. The van der Waals surface area contributed by atoms with Crippen molar-refractivity contribution < 1.29 is 9.47 Å². The molecule has 0 saturated carbocycles. The summed E-state index contributed by atoms with van der Waals surface area (Å²) in [5, 5.41) is 7.75. The van der Waals surface area contributed by atoms with Crippen LogP contribution in [0.2, 0.25) is 0 Å². The molecule has 0 aliphatic carbocycles. The van der Waals surface area contributed by atoms with Gasteiger partial charge in [0.25, 0.3) is 5.88 Å². The third-order valence-electron chi connectivity index (χ3n) is 6.16. The number of nitrogen functional groups attached to an aromatic ring is 1. The summed E-state index contributed by atoms with van der Waals surface area (Å²) in [5.74, 6) is 2.21. The van der Waals surface area contributed by atoms with Crippen molar-refractivity contribution in [2.75, 3.05) is 19.0 Å². The molecule has 2 heterocycles. The number of amidine groups is 1. The van der Waals surface area contributed by atoms with Crippen LogP contribution in [0.5, 0.6) is 23.4 Å². The molecule has 0 radical (unpaired) electrons. The highest BCUT2D eigenvalue weighted by Crippen LogP contribution is 2.32. The maximum absolute atomic E-state index is 7.75. The number of anilines is 1. The fourth-order valence-electron chi connectivity index (χ4n) is 4.18. The monoisotopic (exact) mass is 507 g/mol. The van der Waals surface area contributed by atoms with Gasteiger partial charge >= 0.3 is 6.01 Å². The zero-order valence-corrected chi connectivity index (χ0v) is 21.8. The number of rotatable bonds is 8. The van der Waals surface area contributed by atoms with E-state index in [1.807, 2.05) is 85.9 Å². The number of imidazole rings is 1. The van der Waals surface area contributed by atoms with Gasteiger partial charge in [-0.2, -0.15) is 9.97 Å². The summed E-state index contributed by atoms with van der Waals surface area (Å²) >= 11 is 0. The number of ether oxygens (including phenoxy) is 2. The second-order valence-corrected chi connectivity index (χ2v) is 9.20. The maximum atomic E-state index is 7.75. The fourth-order valence-corrected chi connectivity index (χ4v) is 4.18. The van der Waals surface area contributed by atoms with Crippen LogP contribution in [0, 0.1) is 19.3 Å². The summed E-state index contributed by atoms with van der Waals surface area (Å²) in [7, 11) is 3.94. The molecule has 9 nitrogen and oxygen atoms in total. The number of aryl methyl sites for hydroxylation is 2. The number of hydrogen-bond donors (Lipinski definition) is 2. The van der Waals surface area contributed by atoms with Crippen molar-refractivity contribution in [3.05, 3.63) is 95.3 Å². The van der Waals surface area contributed by atoms with Gasteiger partial charge in [-0.05, 0) is 55.3 Å². The van der Waals surface area contributed by atoms with E-state index in [4.69, 9.17) is 30.6 Å². The van der Waals surface area contributed by atoms with Crippen molar-refractivity contribution in [3.63, 3.8) is 0 Å². The first-order valence-corrected chi connectivity index (χ1v) is 12.2. The highest BCUT2D eigenvalue weighted by atomic mass is 16.5. The average molecular weight is 508 g/mol. The van der Waals surface area contributed by atoms with Crippen LogP contribution < -0.4 is 20.1 Å². The molecule has 192 valence electrons. The van der Waals surface area contributed by atoms with Crippen LogP contribution in [0.15, 0.2) is 72.8 Å². The molecular weight excluding hydrogens is 478 g/mol. The van der Waals surface area contributed by atoms with Crippen molar-refractivity contribution in [2.45, 2.75) is 20.4 Å². The van der Waals surface area contributed by atoms with Gasteiger partial charge in [-0.15, -0.1) is 0 Å². The largest absolute Gasteiger partial charge is 0.437 e. The van der Waals surface area contributed by atoms with E-state index in [1.54, 1.807) is 12.1 Å². The van der Waals surface area contributed by atoms with Gasteiger partial charge in [0.15, 0.2) is 11.2 Å². The number of nitrogens with one attached hydrogen (secondary N) is 1. The van der Waals surface area contributed by atoms with E-state index in [1.165, 1.54) is 0 Å². The molecule has 0 atom stereocenters.